The van der Waals surface area contributed by atoms with E-state index in [0.717, 1.165) is 38.7 Å². The Labute approximate surface area is 155 Å². The third-order valence-electron chi connectivity index (χ3n) is 2.75. The van der Waals surface area contributed by atoms with Gasteiger partial charge < -0.3 is 4.42 Å². The van der Waals surface area contributed by atoms with Crippen LogP contribution in [0.4, 0.5) is 0 Å². The van der Waals surface area contributed by atoms with E-state index >= 15 is 0 Å². The van der Waals surface area contributed by atoms with Gasteiger partial charge in [-0.25, -0.2) is 0 Å². The molecule has 0 unspecified atom stereocenters. The Morgan fingerprint density at radius 2 is 1.47 bits per heavy atom. The fourth-order valence-electron chi connectivity index (χ4n) is 1.88. The maximum atomic E-state index is 6.43. The second-order valence-corrected chi connectivity index (χ2v) is 8.20. The summed E-state index contributed by atoms with van der Waals surface area (Å²) in [6.45, 7) is 0. The Bertz CT molecular complexity index is 840. The van der Waals surface area contributed by atoms with Gasteiger partial charge in [-0.3, -0.25) is 0 Å². The number of benzene rings is 2. The minimum absolute atomic E-state index is 0.623. The Kier molecular flexibility index (Phi) is 4.13. The molecule has 0 fully saturated rings. The first kappa shape index (κ1) is 14.9. The van der Waals surface area contributed by atoms with Crippen LogP contribution in [-0.4, -0.2) is 0 Å². The van der Waals surface area contributed by atoms with Crippen molar-refractivity contribution in [2.45, 2.75) is 0 Å². The standard InChI is InChI=1S/C12H2Br5ClO/c13-4-2-1-3-5-10(18)8(16)7(15)9(17)12(5)19-11(3)6(4)14/h1-2H. The lowest BCUT2D eigenvalue weighted by atomic mass is 10.1. The summed E-state index contributed by atoms with van der Waals surface area (Å²) in [5, 5.41) is 2.47. The lowest BCUT2D eigenvalue weighted by Gasteiger charge is -2.04. The number of hydrogen-bond donors (Lipinski definition) is 0. The SMILES string of the molecule is Clc1c(Br)c(Br)c(Br)c2oc3c(Br)c(Br)ccc3c12. The molecule has 0 N–H and O–H groups in total. The molecule has 1 aromatic heterocycles. The fourth-order valence-corrected chi connectivity index (χ4v) is 4.53. The fraction of sp³-hybridized carbons (Fsp3) is 0. The van der Waals surface area contributed by atoms with Crippen molar-refractivity contribution in [3.8, 4) is 0 Å². The third-order valence-corrected chi connectivity index (χ3v) is 8.74. The molecule has 0 amide bonds. The van der Waals surface area contributed by atoms with Crippen LogP contribution >= 0.6 is 91.3 Å². The number of halogens is 6. The molecule has 98 valence electrons. The monoisotopic (exact) mass is 592 g/mol. The second-order valence-electron chi connectivity index (χ2n) is 3.80. The molecule has 0 saturated heterocycles. The zero-order chi connectivity index (χ0) is 13.9. The molecule has 0 bridgehead atoms. The summed E-state index contributed by atoms with van der Waals surface area (Å²) >= 11 is 23.9. The summed E-state index contributed by atoms with van der Waals surface area (Å²) in [6, 6.07) is 3.94. The molecular weight excluding hydrogens is 595 g/mol. The van der Waals surface area contributed by atoms with E-state index in [1.807, 2.05) is 12.1 Å². The summed E-state index contributed by atoms with van der Waals surface area (Å²) in [5.41, 5.74) is 1.48. The third kappa shape index (κ3) is 2.18. The molecular formula is C12H2Br5ClO. The van der Waals surface area contributed by atoms with Crippen LogP contribution in [0.5, 0.6) is 0 Å². The van der Waals surface area contributed by atoms with Gasteiger partial charge in [-0.1, -0.05) is 11.6 Å². The summed E-state index contributed by atoms with van der Waals surface area (Å²) in [7, 11) is 0. The van der Waals surface area contributed by atoms with Crippen LogP contribution in [0.2, 0.25) is 5.02 Å². The zero-order valence-electron chi connectivity index (χ0n) is 8.83. The second kappa shape index (κ2) is 5.29. The molecule has 0 radical (unpaired) electrons. The van der Waals surface area contributed by atoms with Gasteiger partial charge in [0.05, 0.1) is 22.9 Å². The highest BCUT2D eigenvalue weighted by Crippen LogP contribution is 2.48. The molecule has 1 nitrogen and oxygen atoms in total. The Hall–Kier alpha value is 0.930. The molecule has 3 rings (SSSR count). The van der Waals surface area contributed by atoms with Crippen LogP contribution < -0.4 is 0 Å². The first-order chi connectivity index (χ1) is 8.93. The molecule has 0 aliphatic heterocycles. The van der Waals surface area contributed by atoms with Crippen LogP contribution in [-0.2, 0) is 0 Å². The van der Waals surface area contributed by atoms with E-state index in [1.165, 1.54) is 0 Å². The van der Waals surface area contributed by atoms with Gasteiger partial charge in [0.15, 0.2) is 11.2 Å². The van der Waals surface area contributed by atoms with Crippen LogP contribution in [0, 0.1) is 0 Å². The van der Waals surface area contributed by atoms with Gasteiger partial charge in [-0.05, 0) is 91.8 Å². The molecule has 0 atom stereocenters. The van der Waals surface area contributed by atoms with Crippen molar-refractivity contribution in [1.82, 2.24) is 0 Å². The molecule has 0 aliphatic carbocycles. The minimum Gasteiger partial charge on any atom is -0.454 e. The van der Waals surface area contributed by atoms with E-state index in [2.05, 4.69) is 79.6 Å². The summed E-state index contributed by atoms with van der Waals surface area (Å²) in [4.78, 5) is 0. The number of fused-ring (bicyclic) bond motifs is 3. The summed E-state index contributed by atoms with van der Waals surface area (Å²) in [5.74, 6) is 0. The Balaban J connectivity index is 2.66. The number of furan rings is 1. The van der Waals surface area contributed by atoms with E-state index in [0.29, 0.717) is 10.6 Å². The van der Waals surface area contributed by atoms with Crippen molar-refractivity contribution in [3.63, 3.8) is 0 Å². The van der Waals surface area contributed by atoms with Gasteiger partial charge in [0.25, 0.3) is 0 Å². The first-order valence-electron chi connectivity index (χ1n) is 4.95. The van der Waals surface area contributed by atoms with Gasteiger partial charge in [0, 0.05) is 15.2 Å². The first-order valence-corrected chi connectivity index (χ1v) is 9.30. The van der Waals surface area contributed by atoms with Crippen LogP contribution in [0.3, 0.4) is 0 Å². The maximum Gasteiger partial charge on any atom is 0.152 e. The summed E-state index contributed by atoms with van der Waals surface area (Å²) in [6.07, 6.45) is 0. The topological polar surface area (TPSA) is 13.1 Å². The van der Waals surface area contributed by atoms with Crippen molar-refractivity contribution >= 4 is 113 Å². The van der Waals surface area contributed by atoms with Gasteiger partial charge in [0.1, 0.15) is 0 Å². The van der Waals surface area contributed by atoms with Crippen molar-refractivity contribution in [3.05, 3.63) is 39.5 Å². The van der Waals surface area contributed by atoms with Gasteiger partial charge >= 0.3 is 0 Å². The van der Waals surface area contributed by atoms with Crippen molar-refractivity contribution in [2.75, 3.05) is 0 Å². The predicted molar refractivity (Wildman–Crippen MR) is 97.2 cm³/mol. The Morgan fingerprint density at radius 3 is 2.16 bits per heavy atom. The van der Waals surface area contributed by atoms with Crippen molar-refractivity contribution < 1.29 is 4.42 Å². The smallest absolute Gasteiger partial charge is 0.152 e. The van der Waals surface area contributed by atoms with E-state index in [4.69, 9.17) is 16.0 Å². The predicted octanol–water partition coefficient (Wildman–Crippen LogP) is 8.05. The summed E-state index contributed by atoms with van der Waals surface area (Å²) < 4.78 is 10.2. The maximum absolute atomic E-state index is 6.43. The van der Waals surface area contributed by atoms with Gasteiger partial charge in [-0.2, -0.15) is 0 Å². The largest absolute Gasteiger partial charge is 0.454 e. The Morgan fingerprint density at radius 1 is 0.789 bits per heavy atom. The van der Waals surface area contributed by atoms with Crippen LogP contribution in [0.25, 0.3) is 21.9 Å². The van der Waals surface area contributed by atoms with E-state index in [-0.39, 0.29) is 0 Å². The lowest BCUT2D eigenvalue weighted by molar-refractivity contribution is 0.664. The highest BCUT2D eigenvalue weighted by Gasteiger charge is 2.21. The molecule has 19 heavy (non-hydrogen) atoms. The molecule has 2 aromatic carbocycles. The van der Waals surface area contributed by atoms with E-state index in [9.17, 15) is 0 Å². The van der Waals surface area contributed by atoms with Gasteiger partial charge in [0.2, 0.25) is 0 Å². The van der Waals surface area contributed by atoms with Crippen LogP contribution in [0.15, 0.2) is 38.9 Å². The molecule has 7 heteroatoms. The van der Waals surface area contributed by atoms with Gasteiger partial charge in [-0.15, -0.1) is 0 Å². The number of rotatable bonds is 0. The highest BCUT2D eigenvalue weighted by molar-refractivity contribution is 9.14. The average Bonchev–Trinajstić information content (AvgIpc) is 2.78. The molecule has 0 saturated carbocycles. The zero-order valence-corrected chi connectivity index (χ0v) is 17.5. The molecule has 0 aliphatic rings. The highest BCUT2D eigenvalue weighted by atomic mass is 79.9. The van der Waals surface area contributed by atoms with Crippen molar-refractivity contribution in [1.29, 1.82) is 0 Å². The normalized spacial score (nSPS) is 11.7. The van der Waals surface area contributed by atoms with Crippen molar-refractivity contribution in [2.24, 2.45) is 0 Å². The minimum atomic E-state index is 0.623. The average molecular weight is 597 g/mol. The van der Waals surface area contributed by atoms with E-state index in [1.54, 1.807) is 0 Å². The molecule has 1 heterocycles. The lowest BCUT2D eigenvalue weighted by Crippen LogP contribution is -1.78. The van der Waals surface area contributed by atoms with E-state index < -0.39 is 0 Å². The van der Waals surface area contributed by atoms with Crippen LogP contribution in [0.1, 0.15) is 0 Å². The number of hydrogen-bond acceptors (Lipinski definition) is 1. The molecule has 3 aromatic rings. The quantitative estimate of drug-likeness (QED) is 0.189. The molecule has 0 spiro atoms.